The lowest BCUT2D eigenvalue weighted by atomic mass is 9.98. The molecule has 1 fully saturated rings. The van der Waals surface area contributed by atoms with Crippen LogP contribution in [0, 0.1) is 0 Å². The maximum Gasteiger partial charge on any atom is 0.275 e. The number of fused-ring (bicyclic) bond motifs is 1. The van der Waals surface area contributed by atoms with Crippen molar-refractivity contribution in [2.45, 2.75) is 38.5 Å². The van der Waals surface area contributed by atoms with Crippen molar-refractivity contribution in [1.82, 2.24) is 25.0 Å². The van der Waals surface area contributed by atoms with E-state index in [4.69, 9.17) is 9.51 Å². The Morgan fingerprint density at radius 1 is 1.17 bits per heavy atom. The molecule has 0 spiro atoms. The Labute approximate surface area is 147 Å². The van der Waals surface area contributed by atoms with Crippen LogP contribution in [-0.2, 0) is 0 Å². The summed E-state index contributed by atoms with van der Waals surface area (Å²) >= 11 is 0. The topological polar surface area (TPSA) is 68.8 Å². The summed E-state index contributed by atoms with van der Waals surface area (Å²) in [7, 11) is 0. The van der Waals surface area contributed by atoms with Crippen LogP contribution < -0.4 is 5.32 Å². The van der Waals surface area contributed by atoms with Crippen molar-refractivity contribution in [2.75, 3.05) is 13.1 Å². The maximum absolute atomic E-state index is 5.52. The second-order valence-corrected chi connectivity index (χ2v) is 6.45. The monoisotopic (exact) mass is 347 g/mol. The van der Waals surface area contributed by atoms with Crippen molar-refractivity contribution < 1.29 is 4.52 Å². The lowest BCUT2D eigenvalue weighted by Crippen LogP contribution is -2.26. The molecular formula is C17H22ClN5O. The average molecular weight is 348 g/mol. The van der Waals surface area contributed by atoms with Crippen LogP contribution in [0.25, 0.3) is 17.0 Å². The molecule has 6 nitrogen and oxygen atoms in total. The molecule has 0 saturated carbocycles. The number of aromatic nitrogens is 4. The van der Waals surface area contributed by atoms with Crippen molar-refractivity contribution in [3.63, 3.8) is 0 Å². The minimum atomic E-state index is 0. The van der Waals surface area contributed by atoms with Crippen LogP contribution in [0.2, 0.25) is 0 Å². The Kier molecular flexibility index (Phi) is 4.87. The zero-order valence-electron chi connectivity index (χ0n) is 13.9. The van der Waals surface area contributed by atoms with Crippen molar-refractivity contribution in [3.8, 4) is 5.95 Å². The third kappa shape index (κ3) is 3.03. The molecule has 1 aliphatic heterocycles. The molecule has 0 aliphatic carbocycles. The van der Waals surface area contributed by atoms with Gasteiger partial charge in [0.05, 0.1) is 0 Å². The van der Waals surface area contributed by atoms with Crippen LogP contribution in [0.15, 0.2) is 28.9 Å². The fourth-order valence-electron chi connectivity index (χ4n) is 3.06. The van der Waals surface area contributed by atoms with Gasteiger partial charge in [0.1, 0.15) is 5.65 Å². The van der Waals surface area contributed by atoms with E-state index in [1.807, 2.05) is 16.8 Å². The predicted octanol–water partition coefficient (Wildman–Crippen LogP) is 3.42. The Morgan fingerprint density at radius 3 is 2.71 bits per heavy atom. The van der Waals surface area contributed by atoms with Crippen LogP contribution in [0.5, 0.6) is 0 Å². The fraction of sp³-hybridized carbons (Fsp3) is 0.471. The first-order valence-electron chi connectivity index (χ1n) is 8.25. The molecule has 0 bridgehead atoms. The van der Waals surface area contributed by atoms with Crippen LogP contribution >= 0.6 is 12.4 Å². The van der Waals surface area contributed by atoms with Gasteiger partial charge in [-0.05, 0) is 55.2 Å². The summed E-state index contributed by atoms with van der Waals surface area (Å²) in [6, 6.07) is 6.21. The smallest absolute Gasteiger partial charge is 0.275 e. The van der Waals surface area contributed by atoms with Crippen LogP contribution in [0.1, 0.15) is 50.1 Å². The molecule has 0 amide bonds. The molecule has 3 aromatic rings. The highest BCUT2D eigenvalue weighted by Gasteiger charge is 2.22. The summed E-state index contributed by atoms with van der Waals surface area (Å²) in [4.78, 5) is 9.38. The minimum Gasteiger partial charge on any atom is -0.337 e. The van der Waals surface area contributed by atoms with E-state index in [-0.39, 0.29) is 12.4 Å². The number of rotatable bonds is 3. The molecule has 24 heavy (non-hydrogen) atoms. The van der Waals surface area contributed by atoms with E-state index < -0.39 is 0 Å². The van der Waals surface area contributed by atoms with Gasteiger partial charge in [0.2, 0.25) is 5.89 Å². The summed E-state index contributed by atoms with van der Waals surface area (Å²) in [5, 5.41) is 8.62. The first-order chi connectivity index (χ1) is 11.2. The molecule has 7 heteroatoms. The van der Waals surface area contributed by atoms with Gasteiger partial charge in [0.15, 0.2) is 0 Å². The zero-order chi connectivity index (χ0) is 15.8. The van der Waals surface area contributed by atoms with Gasteiger partial charge in [-0.1, -0.05) is 13.8 Å². The van der Waals surface area contributed by atoms with E-state index in [1.165, 1.54) is 0 Å². The first-order valence-corrected chi connectivity index (χ1v) is 8.25. The van der Waals surface area contributed by atoms with Crippen molar-refractivity contribution in [1.29, 1.82) is 0 Å². The molecule has 0 atom stereocenters. The van der Waals surface area contributed by atoms with Crippen LogP contribution in [-0.4, -0.2) is 32.8 Å². The molecular weight excluding hydrogens is 326 g/mol. The highest BCUT2D eigenvalue weighted by Crippen LogP contribution is 2.25. The quantitative estimate of drug-likeness (QED) is 0.786. The lowest BCUT2D eigenvalue weighted by molar-refractivity contribution is 0.319. The summed E-state index contributed by atoms with van der Waals surface area (Å²) in [6.07, 6.45) is 4.05. The molecule has 0 unspecified atom stereocenters. The largest absolute Gasteiger partial charge is 0.337 e. The van der Waals surface area contributed by atoms with Crippen LogP contribution in [0.4, 0.5) is 0 Å². The Bertz CT molecular complexity index is 819. The number of hydrogen-bond donors (Lipinski definition) is 1. The molecule has 1 N–H and O–H groups in total. The normalized spacial score (nSPS) is 15.8. The Balaban J connectivity index is 0.00000169. The van der Waals surface area contributed by atoms with E-state index >= 15 is 0 Å². The van der Waals surface area contributed by atoms with E-state index in [0.717, 1.165) is 48.5 Å². The van der Waals surface area contributed by atoms with Crippen molar-refractivity contribution in [3.05, 3.63) is 36.0 Å². The van der Waals surface area contributed by atoms with Crippen molar-refractivity contribution >= 4 is 23.4 Å². The molecule has 0 radical (unpaired) electrons. The molecule has 1 saturated heterocycles. The molecule has 3 aromatic heterocycles. The minimum absolute atomic E-state index is 0. The van der Waals surface area contributed by atoms with Crippen molar-refractivity contribution in [2.24, 2.45) is 0 Å². The zero-order valence-corrected chi connectivity index (χ0v) is 14.7. The standard InChI is InChI=1S/C17H21N5O.ClH/c1-11(2)14-4-3-12-7-10-22(15(12)19-14)17-20-16(23-21-17)13-5-8-18-9-6-13;/h3-4,7,10-11,13,18H,5-6,8-9H2,1-2H3;1H. The van der Waals surface area contributed by atoms with Gasteiger partial charge in [-0.25, -0.2) is 4.98 Å². The summed E-state index contributed by atoms with van der Waals surface area (Å²) < 4.78 is 7.43. The Hall–Kier alpha value is -1.92. The highest BCUT2D eigenvalue weighted by atomic mass is 35.5. The van der Waals surface area contributed by atoms with E-state index in [1.54, 1.807) is 0 Å². The fourth-order valence-corrected chi connectivity index (χ4v) is 3.06. The van der Waals surface area contributed by atoms with Gasteiger partial charge in [0.25, 0.3) is 5.95 Å². The van der Waals surface area contributed by atoms with Gasteiger partial charge >= 0.3 is 0 Å². The maximum atomic E-state index is 5.52. The molecule has 4 rings (SSSR count). The summed E-state index contributed by atoms with van der Waals surface area (Å²) in [6.45, 7) is 6.30. The van der Waals surface area contributed by atoms with Crippen LogP contribution in [0.3, 0.4) is 0 Å². The van der Waals surface area contributed by atoms with Gasteiger partial charge in [-0.15, -0.1) is 12.4 Å². The second kappa shape index (κ2) is 6.91. The second-order valence-electron chi connectivity index (χ2n) is 6.45. The van der Waals surface area contributed by atoms with Gasteiger partial charge in [-0.3, -0.25) is 4.57 Å². The number of nitrogens with one attached hydrogen (secondary N) is 1. The summed E-state index contributed by atoms with van der Waals surface area (Å²) in [5.74, 6) is 2.06. The average Bonchev–Trinajstić information content (AvgIpc) is 3.21. The third-order valence-corrected chi connectivity index (χ3v) is 4.48. The summed E-state index contributed by atoms with van der Waals surface area (Å²) in [5.41, 5.74) is 1.95. The van der Waals surface area contributed by atoms with E-state index in [2.05, 4.69) is 41.4 Å². The molecule has 0 aromatic carbocycles. The number of nitrogens with zero attached hydrogens (tertiary/aromatic N) is 4. The molecule has 1 aliphatic rings. The Morgan fingerprint density at radius 2 is 1.96 bits per heavy atom. The number of piperidine rings is 1. The number of pyridine rings is 1. The SMILES string of the molecule is CC(C)c1ccc2ccn(-c3noc(C4CCNCC4)n3)c2n1.Cl. The number of hydrogen-bond acceptors (Lipinski definition) is 5. The molecule has 128 valence electrons. The van der Waals surface area contributed by atoms with Gasteiger partial charge in [-0.2, -0.15) is 4.98 Å². The third-order valence-electron chi connectivity index (χ3n) is 4.48. The number of halogens is 1. The predicted molar refractivity (Wildman–Crippen MR) is 95.1 cm³/mol. The highest BCUT2D eigenvalue weighted by molar-refractivity contribution is 5.85. The molecule has 4 heterocycles. The van der Waals surface area contributed by atoms with E-state index in [0.29, 0.717) is 17.8 Å². The first kappa shape index (κ1) is 16.9. The van der Waals surface area contributed by atoms with E-state index in [9.17, 15) is 0 Å². The lowest BCUT2D eigenvalue weighted by Gasteiger charge is -2.18. The van der Waals surface area contributed by atoms with Gasteiger partial charge < -0.3 is 9.84 Å². The van der Waals surface area contributed by atoms with Gasteiger partial charge in [0, 0.05) is 23.2 Å².